The molecule has 5 nitrogen and oxygen atoms in total. The van der Waals surface area contributed by atoms with E-state index >= 15 is 0 Å². The zero-order valence-corrected chi connectivity index (χ0v) is 17.3. The number of aromatic nitrogens is 2. The van der Waals surface area contributed by atoms with E-state index in [-0.39, 0.29) is 5.91 Å². The van der Waals surface area contributed by atoms with Crippen LogP contribution < -0.4 is 0 Å². The van der Waals surface area contributed by atoms with Crippen molar-refractivity contribution in [1.82, 2.24) is 19.8 Å². The minimum absolute atomic E-state index is 0.149. The average molecular weight is 420 g/mol. The molecule has 1 fully saturated rings. The first-order valence-corrected chi connectivity index (χ1v) is 10.1. The predicted octanol–water partition coefficient (Wildman–Crippen LogP) is 3.83. The molecule has 1 aromatic carbocycles. The third-order valence-electron chi connectivity index (χ3n) is 5.45. The Morgan fingerprint density at radius 2 is 2.07 bits per heavy atom. The molecule has 1 aliphatic heterocycles. The Labute approximate surface area is 174 Å². The second kappa shape index (κ2) is 9.55. The molecule has 1 saturated heterocycles. The summed E-state index contributed by atoms with van der Waals surface area (Å²) < 4.78 is 38.7. The molecule has 0 spiro atoms. The highest BCUT2D eigenvalue weighted by molar-refractivity contribution is 5.91. The number of hydrogen-bond donors (Lipinski definition) is 0. The van der Waals surface area contributed by atoms with E-state index in [9.17, 15) is 18.0 Å². The fourth-order valence-electron chi connectivity index (χ4n) is 3.86. The van der Waals surface area contributed by atoms with Crippen molar-refractivity contribution in [3.05, 3.63) is 59.2 Å². The van der Waals surface area contributed by atoms with Gasteiger partial charge in [-0.05, 0) is 50.3 Å². The van der Waals surface area contributed by atoms with Gasteiger partial charge >= 0.3 is 6.18 Å². The van der Waals surface area contributed by atoms with Crippen molar-refractivity contribution in [3.63, 3.8) is 0 Å². The van der Waals surface area contributed by atoms with E-state index in [0.29, 0.717) is 36.7 Å². The quantitative estimate of drug-likeness (QED) is 0.713. The van der Waals surface area contributed by atoms with E-state index in [2.05, 4.69) is 14.9 Å². The zero-order chi connectivity index (χ0) is 21.7. The summed E-state index contributed by atoms with van der Waals surface area (Å²) >= 11 is 0. The number of carbonyl (C=O) groups excluding carboxylic acids is 1. The first-order valence-electron chi connectivity index (χ1n) is 10.1. The van der Waals surface area contributed by atoms with Crippen LogP contribution in [0.3, 0.4) is 0 Å². The van der Waals surface area contributed by atoms with Gasteiger partial charge in [0, 0.05) is 32.9 Å². The molecule has 2 aromatic rings. The molecular formula is C22H27F3N4O. The molecule has 30 heavy (non-hydrogen) atoms. The van der Waals surface area contributed by atoms with Crippen molar-refractivity contribution in [2.45, 2.75) is 32.4 Å². The number of carbonyl (C=O) groups is 1. The fourth-order valence-corrected chi connectivity index (χ4v) is 3.86. The molecule has 2 heterocycles. The highest BCUT2D eigenvalue weighted by atomic mass is 19.4. The standard InChI is InChI=1S/C22H27F3N4O/c1-16-12-27-20(13-26-16)21(30)28(2)14-18-6-4-9-29(15-18)10-8-17-5-3-7-19(11-17)22(23,24)25/h3,5,7,11-13,18H,4,6,8-10,14-15H2,1-2H3. The largest absolute Gasteiger partial charge is 0.416 e. The Bertz CT molecular complexity index is 854. The lowest BCUT2D eigenvalue weighted by atomic mass is 9.97. The maximum absolute atomic E-state index is 12.9. The molecule has 1 aliphatic rings. The van der Waals surface area contributed by atoms with Crippen LogP contribution in [0, 0.1) is 12.8 Å². The topological polar surface area (TPSA) is 49.3 Å². The smallest absolute Gasteiger partial charge is 0.340 e. The van der Waals surface area contributed by atoms with Crippen LogP contribution in [0.4, 0.5) is 13.2 Å². The van der Waals surface area contributed by atoms with E-state index in [1.807, 2.05) is 6.92 Å². The molecule has 8 heteroatoms. The lowest BCUT2D eigenvalue weighted by Gasteiger charge is -2.34. The summed E-state index contributed by atoms with van der Waals surface area (Å²) in [4.78, 5) is 24.8. The van der Waals surface area contributed by atoms with Gasteiger partial charge < -0.3 is 9.80 Å². The Hall–Kier alpha value is -2.48. The van der Waals surface area contributed by atoms with E-state index in [0.717, 1.165) is 37.7 Å². The Kier molecular flexibility index (Phi) is 7.07. The predicted molar refractivity (Wildman–Crippen MR) is 108 cm³/mol. The van der Waals surface area contributed by atoms with Gasteiger partial charge in [0.1, 0.15) is 5.69 Å². The number of amides is 1. The van der Waals surface area contributed by atoms with E-state index in [1.165, 1.54) is 18.3 Å². The van der Waals surface area contributed by atoms with Crippen LogP contribution in [0.5, 0.6) is 0 Å². The molecule has 3 rings (SSSR count). The van der Waals surface area contributed by atoms with Crippen molar-refractivity contribution in [3.8, 4) is 0 Å². The summed E-state index contributed by atoms with van der Waals surface area (Å²) in [6.45, 7) is 4.90. The van der Waals surface area contributed by atoms with Crippen LogP contribution >= 0.6 is 0 Å². The third-order valence-corrected chi connectivity index (χ3v) is 5.45. The molecule has 1 atom stereocenters. The van der Waals surface area contributed by atoms with Gasteiger partial charge in [-0.15, -0.1) is 0 Å². The highest BCUT2D eigenvalue weighted by Crippen LogP contribution is 2.29. The van der Waals surface area contributed by atoms with Gasteiger partial charge in [0.25, 0.3) is 5.91 Å². The Morgan fingerprint density at radius 3 is 2.77 bits per heavy atom. The van der Waals surface area contributed by atoms with Gasteiger partial charge in [-0.25, -0.2) is 4.98 Å². The molecule has 1 amide bonds. The van der Waals surface area contributed by atoms with Gasteiger partial charge in [0.2, 0.25) is 0 Å². The maximum Gasteiger partial charge on any atom is 0.416 e. The van der Waals surface area contributed by atoms with E-state index in [1.54, 1.807) is 24.2 Å². The summed E-state index contributed by atoms with van der Waals surface area (Å²) in [7, 11) is 1.77. The molecule has 0 saturated carbocycles. The molecule has 0 N–H and O–H groups in total. The van der Waals surface area contributed by atoms with Gasteiger partial charge in [-0.3, -0.25) is 9.78 Å². The van der Waals surface area contributed by atoms with Crippen molar-refractivity contribution >= 4 is 5.91 Å². The van der Waals surface area contributed by atoms with Crippen LogP contribution in [0.2, 0.25) is 0 Å². The SMILES string of the molecule is Cc1cnc(C(=O)N(C)CC2CCCN(CCc3cccc(C(F)(F)F)c3)C2)cn1. The number of benzene rings is 1. The molecule has 0 aliphatic carbocycles. The Balaban J connectivity index is 1.51. The molecule has 162 valence electrons. The average Bonchev–Trinajstić information content (AvgIpc) is 2.72. The van der Waals surface area contributed by atoms with Crippen LogP contribution in [-0.2, 0) is 12.6 Å². The Morgan fingerprint density at radius 1 is 1.27 bits per heavy atom. The monoisotopic (exact) mass is 420 g/mol. The summed E-state index contributed by atoms with van der Waals surface area (Å²) in [6, 6.07) is 5.54. The second-order valence-electron chi connectivity index (χ2n) is 7.99. The van der Waals surface area contributed by atoms with E-state index in [4.69, 9.17) is 0 Å². The molecule has 0 bridgehead atoms. The minimum Gasteiger partial charge on any atom is -0.340 e. The van der Waals surface area contributed by atoms with Gasteiger partial charge in [-0.2, -0.15) is 13.2 Å². The van der Waals surface area contributed by atoms with Crippen molar-refractivity contribution < 1.29 is 18.0 Å². The summed E-state index contributed by atoms with van der Waals surface area (Å²) in [5, 5.41) is 0. The lowest BCUT2D eigenvalue weighted by Crippen LogP contribution is -2.42. The van der Waals surface area contributed by atoms with Crippen LogP contribution in [0.1, 0.15) is 40.2 Å². The number of rotatable bonds is 6. The zero-order valence-electron chi connectivity index (χ0n) is 17.3. The van der Waals surface area contributed by atoms with Crippen LogP contribution in [-0.4, -0.2) is 58.9 Å². The lowest BCUT2D eigenvalue weighted by molar-refractivity contribution is -0.137. The van der Waals surface area contributed by atoms with Gasteiger partial charge in [-0.1, -0.05) is 18.2 Å². The first kappa shape index (κ1) is 22.2. The van der Waals surface area contributed by atoms with Gasteiger partial charge in [0.15, 0.2) is 0 Å². The van der Waals surface area contributed by atoms with Gasteiger partial charge in [0.05, 0.1) is 17.5 Å². The van der Waals surface area contributed by atoms with Crippen LogP contribution in [0.25, 0.3) is 0 Å². The number of piperidine rings is 1. The number of hydrogen-bond acceptors (Lipinski definition) is 4. The molecule has 1 aromatic heterocycles. The number of aryl methyl sites for hydroxylation is 1. The minimum atomic E-state index is -4.31. The molecular weight excluding hydrogens is 393 g/mol. The van der Waals surface area contributed by atoms with Crippen molar-refractivity contribution in [2.75, 3.05) is 33.2 Å². The summed E-state index contributed by atoms with van der Waals surface area (Å²) in [6.07, 6.45) is 1.38. The number of likely N-dealkylation sites (tertiary alicyclic amines) is 1. The summed E-state index contributed by atoms with van der Waals surface area (Å²) in [5.74, 6) is 0.177. The fraction of sp³-hybridized carbons (Fsp3) is 0.500. The van der Waals surface area contributed by atoms with Crippen LogP contribution in [0.15, 0.2) is 36.7 Å². The summed E-state index contributed by atoms with van der Waals surface area (Å²) in [5.41, 5.74) is 1.19. The normalized spacial score (nSPS) is 17.7. The number of alkyl halides is 3. The number of halogens is 3. The van der Waals surface area contributed by atoms with Crippen molar-refractivity contribution in [1.29, 1.82) is 0 Å². The van der Waals surface area contributed by atoms with Crippen molar-refractivity contribution in [2.24, 2.45) is 5.92 Å². The third kappa shape index (κ3) is 6.01. The highest BCUT2D eigenvalue weighted by Gasteiger charge is 2.30. The second-order valence-corrected chi connectivity index (χ2v) is 7.99. The maximum atomic E-state index is 12.9. The van der Waals surface area contributed by atoms with E-state index < -0.39 is 11.7 Å². The number of nitrogens with zero attached hydrogens (tertiary/aromatic N) is 4. The molecule has 1 unspecified atom stereocenters. The molecule has 0 radical (unpaired) electrons. The first-order chi connectivity index (χ1) is 14.2.